The highest BCUT2D eigenvalue weighted by Gasteiger charge is 2.08. The van der Waals surface area contributed by atoms with Crippen LogP contribution in [0.15, 0.2) is 18.2 Å². The lowest BCUT2D eigenvalue weighted by Crippen LogP contribution is -2.05. The van der Waals surface area contributed by atoms with Gasteiger partial charge in [-0.1, -0.05) is 6.92 Å². The maximum absolute atomic E-state index is 12.8. The van der Waals surface area contributed by atoms with E-state index in [1.165, 1.54) is 19.1 Å². The molecule has 1 aromatic carbocycles. The molecule has 3 heteroatoms. The smallest absolute Gasteiger partial charge is 0.130 e. The minimum atomic E-state index is -0.569. The second-order valence-corrected chi connectivity index (χ2v) is 3.99. The van der Waals surface area contributed by atoms with Gasteiger partial charge in [0.05, 0.1) is 0 Å². The fraction of sp³-hybridized carbons (Fsp3) is 0.417. The topological polar surface area (TPSA) is 17.1 Å². The predicted octanol–water partition coefficient (Wildman–Crippen LogP) is 3.12. The lowest BCUT2D eigenvalue weighted by Gasteiger charge is -2.09. The third kappa shape index (κ3) is 4.19. The van der Waals surface area contributed by atoms with Gasteiger partial charge in [-0.15, -0.1) is 0 Å². The van der Waals surface area contributed by atoms with E-state index in [4.69, 9.17) is 0 Å². The second-order valence-electron chi connectivity index (χ2n) is 3.99. The minimum absolute atomic E-state index is 0.0966. The zero-order valence-electron chi connectivity index (χ0n) is 8.89. The van der Waals surface area contributed by atoms with E-state index in [9.17, 15) is 13.6 Å². The lowest BCUT2D eigenvalue weighted by atomic mass is 9.96. The molecule has 82 valence electrons. The van der Waals surface area contributed by atoms with Crippen LogP contribution in [0, 0.1) is 17.6 Å². The maximum Gasteiger partial charge on any atom is 0.130 e. The standard InChI is InChI=1S/C12H14F2O/c1-8(3-9(2)15)4-10-5-11(13)7-12(14)6-10/h5-8H,3-4H2,1-2H3. The molecule has 0 aliphatic rings. The van der Waals surface area contributed by atoms with E-state index in [1.807, 2.05) is 6.92 Å². The summed E-state index contributed by atoms with van der Waals surface area (Å²) in [6, 6.07) is 3.46. The average Bonchev–Trinajstić information content (AvgIpc) is 1.98. The molecule has 1 atom stereocenters. The molecular weight excluding hydrogens is 198 g/mol. The summed E-state index contributed by atoms with van der Waals surface area (Å²) in [6.07, 6.45) is 0.965. The molecular formula is C12H14F2O. The Morgan fingerprint density at radius 2 is 1.80 bits per heavy atom. The first-order chi connectivity index (χ1) is 6.97. The van der Waals surface area contributed by atoms with Gasteiger partial charge in [0.1, 0.15) is 17.4 Å². The number of rotatable bonds is 4. The summed E-state index contributed by atoms with van der Waals surface area (Å²) in [6.45, 7) is 3.41. The lowest BCUT2D eigenvalue weighted by molar-refractivity contribution is -0.117. The van der Waals surface area contributed by atoms with Gasteiger partial charge >= 0.3 is 0 Å². The van der Waals surface area contributed by atoms with E-state index in [2.05, 4.69) is 0 Å². The Kier molecular flexibility index (Phi) is 3.95. The van der Waals surface area contributed by atoms with E-state index in [1.54, 1.807) is 0 Å². The summed E-state index contributed by atoms with van der Waals surface area (Å²) in [7, 11) is 0. The van der Waals surface area contributed by atoms with Gasteiger partial charge in [-0.25, -0.2) is 8.78 Å². The number of ketones is 1. The molecule has 0 saturated heterocycles. The van der Waals surface area contributed by atoms with Crippen molar-refractivity contribution in [3.05, 3.63) is 35.4 Å². The average molecular weight is 212 g/mol. The summed E-state index contributed by atoms with van der Waals surface area (Å²) in [4.78, 5) is 10.8. The summed E-state index contributed by atoms with van der Waals surface area (Å²) >= 11 is 0. The monoisotopic (exact) mass is 212 g/mol. The molecule has 0 amide bonds. The molecule has 0 aliphatic carbocycles. The van der Waals surface area contributed by atoms with Crippen molar-refractivity contribution in [3.63, 3.8) is 0 Å². The van der Waals surface area contributed by atoms with Gasteiger partial charge < -0.3 is 4.79 Å². The molecule has 0 bridgehead atoms. The van der Waals surface area contributed by atoms with Crippen LogP contribution in [0.1, 0.15) is 25.8 Å². The molecule has 1 unspecified atom stereocenters. The first-order valence-electron chi connectivity index (χ1n) is 4.92. The number of hydrogen-bond acceptors (Lipinski definition) is 1. The number of carbonyl (C=O) groups excluding carboxylic acids is 1. The van der Waals surface area contributed by atoms with Crippen molar-refractivity contribution in [3.8, 4) is 0 Å². The largest absolute Gasteiger partial charge is 0.300 e. The number of halogens is 2. The van der Waals surface area contributed by atoms with Gasteiger partial charge in [-0.05, 0) is 37.0 Å². The van der Waals surface area contributed by atoms with Gasteiger partial charge in [-0.2, -0.15) is 0 Å². The highest BCUT2D eigenvalue weighted by atomic mass is 19.1. The summed E-state index contributed by atoms with van der Waals surface area (Å²) in [5.41, 5.74) is 0.598. The molecule has 0 aliphatic heterocycles. The van der Waals surface area contributed by atoms with Gasteiger partial charge in [-0.3, -0.25) is 0 Å². The summed E-state index contributed by atoms with van der Waals surface area (Å²) < 4.78 is 25.7. The normalized spacial score (nSPS) is 12.5. The summed E-state index contributed by atoms with van der Waals surface area (Å²) in [5, 5.41) is 0. The summed E-state index contributed by atoms with van der Waals surface area (Å²) in [5.74, 6) is -0.928. The van der Waals surface area contributed by atoms with Gasteiger partial charge in [0, 0.05) is 12.5 Å². The van der Waals surface area contributed by atoms with E-state index in [-0.39, 0.29) is 11.7 Å². The zero-order valence-corrected chi connectivity index (χ0v) is 8.89. The molecule has 1 nitrogen and oxygen atoms in total. The van der Waals surface area contributed by atoms with Crippen LogP contribution in [-0.4, -0.2) is 5.78 Å². The van der Waals surface area contributed by atoms with Crippen LogP contribution < -0.4 is 0 Å². The van der Waals surface area contributed by atoms with Crippen molar-refractivity contribution < 1.29 is 13.6 Å². The number of carbonyl (C=O) groups is 1. The maximum atomic E-state index is 12.8. The van der Waals surface area contributed by atoms with Crippen molar-refractivity contribution in [1.29, 1.82) is 0 Å². The molecule has 0 aromatic heterocycles. The van der Waals surface area contributed by atoms with Crippen LogP contribution in [0.25, 0.3) is 0 Å². The van der Waals surface area contributed by atoms with E-state index in [0.29, 0.717) is 18.4 Å². The Morgan fingerprint density at radius 3 is 2.27 bits per heavy atom. The SMILES string of the molecule is CC(=O)CC(C)Cc1cc(F)cc(F)c1. The van der Waals surface area contributed by atoms with Crippen LogP contribution in [-0.2, 0) is 11.2 Å². The number of Topliss-reactive ketones (excluding diaryl/α,β-unsaturated/α-hetero) is 1. The van der Waals surface area contributed by atoms with Crippen molar-refractivity contribution in [2.75, 3.05) is 0 Å². The third-order valence-electron chi connectivity index (χ3n) is 2.14. The Labute approximate surface area is 88.1 Å². The van der Waals surface area contributed by atoms with E-state index >= 15 is 0 Å². The van der Waals surface area contributed by atoms with Crippen molar-refractivity contribution >= 4 is 5.78 Å². The Bertz CT molecular complexity index is 340. The Hall–Kier alpha value is -1.25. The van der Waals surface area contributed by atoms with Crippen LogP contribution in [0.3, 0.4) is 0 Å². The van der Waals surface area contributed by atoms with Crippen molar-refractivity contribution in [2.24, 2.45) is 5.92 Å². The van der Waals surface area contributed by atoms with Crippen LogP contribution in [0.2, 0.25) is 0 Å². The molecule has 1 rings (SSSR count). The molecule has 0 fully saturated rings. The molecule has 0 heterocycles. The Morgan fingerprint density at radius 1 is 1.27 bits per heavy atom. The van der Waals surface area contributed by atoms with Gasteiger partial charge in [0.25, 0.3) is 0 Å². The zero-order chi connectivity index (χ0) is 11.4. The minimum Gasteiger partial charge on any atom is -0.300 e. The highest BCUT2D eigenvalue weighted by Crippen LogP contribution is 2.15. The van der Waals surface area contributed by atoms with E-state index in [0.717, 1.165) is 6.07 Å². The van der Waals surface area contributed by atoms with E-state index < -0.39 is 11.6 Å². The number of benzene rings is 1. The van der Waals surface area contributed by atoms with Crippen LogP contribution >= 0.6 is 0 Å². The predicted molar refractivity (Wildman–Crippen MR) is 54.5 cm³/mol. The Balaban J connectivity index is 2.67. The molecule has 0 N–H and O–H groups in total. The first-order valence-corrected chi connectivity index (χ1v) is 4.92. The molecule has 0 radical (unpaired) electrons. The number of hydrogen-bond donors (Lipinski definition) is 0. The van der Waals surface area contributed by atoms with Gasteiger partial charge in [0.15, 0.2) is 0 Å². The fourth-order valence-corrected chi connectivity index (χ4v) is 1.69. The molecule has 15 heavy (non-hydrogen) atoms. The molecule has 0 saturated carbocycles. The quantitative estimate of drug-likeness (QED) is 0.749. The van der Waals surface area contributed by atoms with Gasteiger partial charge in [0.2, 0.25) is 0 Å². The van der Waals surface area contributed by atoms with Crippen LogP contribution in [0.4, 0.5) is 8.78 Å². The highest BCUT2D eigenvalue weighted by molar-refractivity contribution is 5.75. The fourth-order valence-electron chi connectivity index (χ4n) is 1.69. The van der Waals surface area contributed by atoms with Crippen LogP contribution in [0.5, 0.6) is 0 Å². The van der Waals surface area contributed by atoms with Crippen molar-refractivity contribution in [2.45, 2.75) is 26.7 Å². The van der Waals surface area contributed by atoms with Crippen molar-refractivity contribution in [1.82, 2.24) is 0 Å². The molecule has 1 aromatic rings. The second kappa shape index (κ2) is 5.01. The molecule has 0 spiro atoms. The first kappa shape index (κ1) is 11.8. The third-order valence-corrected chi connectivity index (χ3v) is 2.14.